The average Bonchev–Trinajstić information content (AvgIpc) is 3.35. The second-order valence-corrected chi connectivity index (χ2v) is 19.7. The maximum atomic E-state index is 12.4. The van der Waals surface area contributed by atoms with Crippen molar-refractivity contribution in [2.45, 2.75) is 285 Å². The van der Waals surface area contributed by atoms with E-state index in [1.54, 1.807) is 6.92 Å². The van der Waals surface area contributed by atoms with Crippen molar-refractivity contribution in [1.82, 2.24) is 5.32 Å². The first-order valence-electron chi connectivity index (χ1n) is 26.8. The minimum atomic E-state index is -1.96. The number of rotatable bonds is 38. The first kappa shape index (κ1) is 62.1. The fourth-order valence-electron chi connectivity index (χ4n) is 9.45. The van der Waals surface area contributed by atoms with E-state index in [-0.39, 0.29) is 18.9 Å². The second kappa shape index (κ2) is 35.9. The number of carbonyl (C=O) groups is 1. The van der Waals surface area contributed by atoms with Crippen LogP contribution in [0.4, 0.5) is 0 Å². The SMILES string of the molecule is CCCCCCCCCCCCCCCCCCCCCCCCCCC(O)C(COC1OC(CO)C(OC2OC(CO)C(OC3OC(CO)C(O)C(O)C3O)C(O)C2O)C(O)C1O)NC(=O)CC. The van der Waals surface area contributed by atoms with Crippen molar-refractivity contribution in [2.24, 2.45) is 0 Å². The summed E-state index contributed by atoms with van der Waals surface area (Å²) in [5, 5.41) is 119. The van der Waals surface area contributed by atoms with E-state index in [2.05, 4.69) is 12.2 Å². The summed E-state index contributed by atoms with van der Waals surface area (Å²) in [4.78, 5) is 12.4. The van der Waals surface area contributed by atoms with Gasteiger partial charge in [0.15, 0.2) is 18.9 Å². The summed E-state index contributed by atoms with van der Waals surface area (Å²) in [6.45, 7) is 1.23. The third-order valence-electron chi connectivity index (χ3n) is 14.0. The molecule has 3 saturated heterocycles. The third kappa shape index (κ3) is 21.7. The highest BCUT2D eigenvalue weighted by Crippen LogP contribution is 2.33. The molecule has 1 amide bonds. The van der Waals surface area contributed by atoms with Crippen LogP contribution in [0.1, 0.15) is 181 Å². The van der Waals surface area contributed by atoms with Gasteiger partial charge in [0.05, 0.1) is 38.6 Å². The van der Waals surface area contributed by atoms with Gasteiger partial charge in [-0.25, -0.2) is 0 Å². The lowest BCUT2D eigenvalue weighted by Crippen LogP contribution is -2.66. The molecule has 0 aromatic rings. The zero-order chi connectivity index (χ0) is 50.6. The highest BCUT2D eigenvalue weighted by molar-refractivity contribution is 5.75. The molecule has 69 heavy (non-hydrogen) atoms. The zero-order valence-electron chi connectivity index (χ0n) is 41.8. The molecular weight excluding hydrogens is 903 g/mol. The molecule has 19 nitrogen and oxygen atoms in total. The molecule has 3 rings (SSSR count). The highest BCUT2D eigenvalue weighted by Gasteiger charge is 2.53. The van der Waals surface area contributed by atoms with Crippen molar-refractivity contribution in [3.63, 3.8) is 0 Å². The Kier molecular flexibility index (Phi) is 32.3. The quantitative estimate of drug-likeness (QED) is 0.0396. The van der Waals surface area contributed by atoms with Gasteiger partial charge < -0.3 is 89.9 Å². The first-order valence-corrected chi connectivity index (χ1v) is 26.8. The molecule has 0 radical (unpaired) electrons. The van der Waals surface area contributed by atoms with Gasteiger partial charge in [-0.05, 0) is 6.42 Å². The fraction of sp³-hybridized carbons (Fsp3) is 0.980. The van der Waals surface area contributed by atoms with Gasteiger partial charge in [0.2, 0.25) is 5.91 Å². The molecule has 3 aliphatic heterocycles. The molecule has 12 N–H and O–H groups in total. The van der Waals surface area contributed by atoms with Crippen LogP contribution in [0.3, 0.4) is 0 Å². The van der Waals surface area contributed by atoms with E-state index in [0.29, 0.717) is 6.42 Å². The number of hydrogen-bond donors (Lipinski definition) is 12. The highest BCUT2D eigenvalue weighted by atomic mass is 16.8. The van der Waals surface area contributed by atoms with Gasteiger partial charge in [0, 0.05) is 6.42 Å². The maximum Gasteiger partial charge on any atom is 0.220 e. The van der Waals surface area contributed by atoms with Gasteiger partial charge in [0.25, 0.3) is 0 Å². The van der Waals surface area contributed by atoms with Crippen LogP contribution in [-0.4, -0.2) is 193 Å². The van der Waals surface area contributed by atoms with E-state index < -0.39 is 124 Å². The van der Waals surface area contributed by atoms with E-state index in [1.165, 1.54) is 128 Å². The van der Waals surface area contributed by atoms with E-state index in [9.17, 15) is 61.0 Å². The minimum absolute atomic E-state index is 0.150. The Morgan fingerprint density at radius 2 is 0.812 bits per heavy atom. The number of nitrogens with one attached hydrogen (secondary N) is 1. The summed E-state index contributed by atoms with van der Waals surface area (Å²) < 4.78 is 33.8. The Bertz CT molecular complexity index is 1290. The predicted octanol–water partition coefficient (Wildman–Crippen LogP) is 2.48. The molecule has 3 aliphatic rings. The summed E-state index contributed by atoms with van der Waals surface area (Å²) >= 11 is 0. The molecule has 0 aromatic carbocycles. The summed E-state index contributed by atoms with van der Waals surface area (Å²) in [6, 6.07) is -0.877. The second-order valence-electron chi connectivity index (χ2n) is 19.7. The normalized spacial score (nSPS) is 32.8. The molecule has 17 atom stereocenters. The molecule has 0 saturated carbocycles. The van der Waals surface area contributed by atoms with Crippen LogP contribution in [-0.2, 0) is 33.2 Å². The van der Waals surface area contributed by atoms with Gasteiger partial charge in [-0.2, -0.15) is 0 Å². The molecule has 0 spiro atoms. The van der Waals surface area contributed by atoms with Crippen LogP contribution in [0.25, 0.3) is 0 Å². The Morgan fingerprint density at radius 1 is 0.464 bits per heavy atom. The Hall–Kier alpha value is -1.21. The lowest BCUT2D eigenvalue weighted by atomic mass is 9.96. The van der Waals surface area contributed by atoms with E-state index in [0.717, 1.165) is 25.7 Å². The Balaban J connectivity index is 1.32. The van der Waals surface area contributed by atoms with Crippen LogP contribution >= 0.6 is 0 Å². The molecule has 3 heterocycles. The first-order chi connectivity index (χ1) is 33.3. The summed E-state index contributed by atoms with van der Waals surface area (Å²) in [6.07, 6.45) is 5.02. The van der Waals surface area contributed by atoms with Crippen molar-refractivity contribution >= 4 is 5.91 Å². The summed E-state index contributed by atoms with van der Waals surface area (Å²) in [5.41, 5.74) is 0. The largest absolute Gasteiger partial charge is 0.394 e. The zero-order valence-corrected chi connectivity index (χ0v) is 41.8. The number of ether oxygens (including phenoxy) is 6. The third-order valence-corrected chi connectivity index (χ3v) is 14.0. The van der Waals surface area contributed by atoms with E-state index in [4.69, 9.17) is 28.4 Å². The summed E-state index contributed by atoms with van der Waals surface area (Å²) in [7, 11) is 0. The fourth-order valence-corrected chi connectivity index (χ4v) is 9.45. The van der Waals surface area contributed by atoms with Crippen molar-refractivity contribution < 1.29 is 89.4 Å². The van der Waals surface area contributed by atoms with E-state index in [1.807, 2.05) is 0 Å². The Labute approximate surface area is 411 Å². The smallest absolute Gasteiger partial charge is 0.220 e. The average molecular weight is 998 g/mol. The van der Waals surface area contributed by atoms with Crippen molar-refractivity contribution in [2.75, 3.05) is 26.4 Å². The number of carbonyl (C=O) groups excluding carboxylic acids is 1. The van der Waals surface area contributed by atoms with Gasteiger partial charge in [-0.1, -0.05) is 168 Å². The molecule has 3 fully saturated rings. The topological polar surface area (TPSA) is 307 Å². The number of amides is 1. The molecule has 408 valence electrons. The van der Waals surface area contributed by atoms with Gasteiger partial charge >= 0.3 is 0 Å². The standard InChI is InChI=1S/C50H95NO18/c1-3-5-6-7-8-9-10-11-12-13-14-15-16-17-18-19-20-21-22-23-24-25-26-27-28-34(55)33(51-38(56)4-2)32-64-48-44(62)41(59)46(36(30-53)66-48)69-50-45(63)42(60)47(37(31-54)67-50)68-49-43(61)40(58)39(57)35(29-52)65-49/h33-37,39-50,52-55,57-63H,3-32H2,1-2H3,(H,51,56). The van der Waals surface area contributed by atoms with Crippen LogP contribution in [0, 0.1) is 0 Å². The predicted molar refractivity (Wildman–Crippen MR) is 254 cm³/mol. The number of aliphatic hydroxyl groups is 11. The van der Waals surface area contributed by atoms with Crippen LogP contribution in [0.5, 0.6) is 0 Å². The lowest BCUT2D eigenvalue weighted by molar-refractivity contribution is -0.379. The van der Waals surface area contributed by atoms with Crippen LogP contribution in [0.2, 0.25) is 0 Å². The number of unbranched alkanes of at least 4 members (excludes halogenated alkanes) is 23. The monoisotopic (exact) mass is 998 g/mol. The van der Waals surface area contributed by atoms with Crippen LogP contribution < -0.4 is 5.32 Å². The molecule has 0 aliphatic carbocycles. The number of hydrogen-bond acceptors (Lipinski definition) is 18. The maximum absolute atomic E-state index is 12.4. The van der Waals surface area contributed by atoms with Crippen molar-refractivity contribution in [3.8, 4) is 0 Å². The molecular formula is C50H95NO18. The minimum Gasteiger partial charge on any atom is -0.394 e. The summed E-state index contributed by atoms with van der Waals surface area (Å²) in [5.74, 6) is -0.329. The number of aliphatic hydroxyl groups excluding tert-OH is 11. The molecule has 19 heteroatoms. The molecule has 0 bridgehead atoms. The molecule has 17 unspecified atom stereocenters. The van der Waals surface area contributed by atoms with Crippen molar-refractivity contribution in [1.29, 1.82) is 0 Å². The lowest BCUT2D eigenvalue weighted by Gasteiger charge is -2.48. The van der Waals surface area contributed by atoms with Gasteiger partial charge in [0.1, 0.15) is 73.2 Å². The van der Waals surface area contributed by atoms with Gasteiger partial charge in [-0.15, -0.1) is 0 Å². The van der Waals surface area contributed by atoms with Crippen molar-refractivity contribution in [3.05, 3.63) is 0 Å². The Morgan fingerprint density at radius 3 is 1.20 bits per heavy atom. The van der Waals surface area contributed by atoms with Crippen LogP contribution in [0.15, 0.2) is 0 Å². The van der Waals surface area contributed by atoms with E-state index >= 15 is 0 Å². The van der Waals surface area contributed by atoms with Gasteiger partial charge in [-0.3, -0.25) is 4.79 Å². The molecule has 0 aromatic heterocycles.